The number of hydrogen-bond acceptors (Lipinski definition) is 4. The first-order valence-corrected chi connectivity index (χ1v) is 8.79. The van der Waals surface area contributed by atoms with E-state index < -0.39 is 0 Å². The highest BCUT2D eigenvalue weighted by molar-refractivity contribution is 6.05. The second kappa shape index (κ2) is 10.4. The molecule has 0 bridgehead atoms. The molecule has 1 aliphatic rings. The summed E-state index contributed by atoms with van der Waals surface area (Å²) in [6.45, 7) is 8.67. The van der Waals surface area contributed by atoms with E-state index in [1.54, 1.807) is 12.1 Å². The number of amides is 1. The third kappa shape index (κ3) is 5.76. The summed E-state index contributed by atoms with van der Waals surface area (Å²) in [5.41, 5.74) is 8.88. The predicted octanol–water partition coefficient (Wildman–Crippen LogP) is 3.90. The molecule has 0 saturated carbocycles. The lowest BCUT2D eigenvalue weighted by Gasteiger charge is -2.38. The molecule has 0 aliphatic carbocycles. The van der Waals surface area contributed by atoms with Gasteiger partial charge in [0.25, 0.3) is 5.91 Å². The Morgan fingerprint density at radius 2 is 1.56 bits per heavy atom. The van der Waals surface area contributed by atoms with E-state index in [9.17, 15) is 4.79 Å². The van der Waals surface area contributed by atoms with Crippen molar-refractivity contribution < 1.29 is 4.79 Å². The van der Waals surface area contributed by atoms with Crippen molar-refractivity contribution in [2.75, 3.05) is 42.1 Å². The molecule has 0 atom stereocenters. The summed E-state index contributed by atoms with van der Waals surface area (Å²) >= 11 is 0. The number of piperazine rings is 1. The Morgan fingerprint density at radius 3 is 2.11 bits per heavy atom. The fourth-order valence-electron chi connectivity index (χ4n) is 3.13. The van der Waals surface area contributed by atoms with Crippen molar-refractivity contribution in [3.63, 3.8) is 0 Å². The van der Waals surface area contributed by atoms with Gasteiger partial charge in [-0.05, 0) is 50.2 Å². The SMILES string of the molecule is CC(C)N1CCN(c2ccc(C(=O)Nc3ccccc3N)cc2)CC1.Cl.Cl. The Hall–Kier alpha value is -1.95. The van der Waals surface area contributed by atoms with E-state index in [0.717, 1.165) is 26.2 Å². The minimum absolute atomic E-state index is 0. The number of rotatable bonds is 4. The number of nitrogens with one attached hydrogen (secondary N) is 1. The number of halogens is 2. The van der Waals surface area contributed by atoms with E-state index in [2.05, 4.69) is 29.0 Å². The van der Waals surface area contributed by atoms with Crippen molar-refractivity contribution in [2.45, 2.75) is 19.9 Å². The number of anilines is 3. The topological polar surface area (TPSA) is 61.6 Å². The number of carbonyl (C=O) groups excluding carboxylic acids is 1. The molecular weight excluding hydrogens is 383 g/mol. The predicted molar refractivity (Wildman–Crippen MR) is 119 cm³/mol. The van der Waals surface area contributed by atoms with Gasteiger partial charge in [0.1, 0.15) is 0 Å². The van der Waals surface area contributed by atoms with Crippen LogP contribution in [0.15, 0.2) is 48.5 Å². The van der Waals surface area contributed by atoms with Crippen LogP contribution >= 0.6 is 24.8 Å². The molecule has 0 unspecified atom stereocenters. The van der Waals surface area contributed by atoms with Crippen LogP contribution in [0, 0.1) is 0 Å². The lowest BCUT2D eigenvalue weighted by Crippen LogP contribution is -2.48. The normalized spacial score (nSPS) is 14.3. The standard InChI is InChI=1S/C20H26N4O.2ClH/c1-15(2)23-11-13-24(14-12-23)17-9-7-16(8-10-17)20(25)22-19-6-4-3-5-18(19)21;;/h3-10,15H,11-14,21H2,1-2H3,(H,22,25);2*1H. The van der Waals surface area contributed by atoms with Gasteiger partial charge in [0, 0.05) is 43.5 Å². The molecular formula is C20H28Cl2N4O. The summed E-state index contributed by atoms with van der Waals surface area (Å²) < 4.78 is 0. The van der Waals surface area contributed by atoms with Gasteiger partial charge in [-0.1, -0.05) is 12.1 Å². The Kier molecular flexibility index (Phi) is 8.89. The van der Waals surface area contributed by atoms with E-state index in [0.29, 0.717) is 23.0 Å². The average Bonchev–Trinajstić information content (AvgIpc) is 2.64. The highest BCUT2D eigenvalue weighted by Gasteiger charge is 2.19. The maximum Gasteiger partial charge on any atom is 0.255 e. The molecule has 148 valence electrons. The highest BCUT2D eigenvalue weighted by Crippen LogP contribution is 2.20. The van der Waals surface area contributed by atoms with Crippen molar-refractivity contribution in [1.29, 1.82) is 0 Å². The van der Waals surface area contributed by atoms with E-state index in [1.807, 2.05) is 36.4 Å². The molecule has 3 rings (SSSR count). The van der Waals surface area contributed by atoms with Gasteiger partial charge in [-0.2, -0.15) is 0 Å². The minimum Gasteiger partial charge on any atom is -0.397 e. The maximum atomic E-state index is 12.4. The molecule has 0 radical (unpaired) electrons. The molecule has 1 aliphatic heterocycles. The number of hydrogen-bond donors (Lipinski definition) is 2. The third-order valence-electron chi connectivity index (χ3n) is 4.75. The average molecular weight is 411 g/mol. The number of nitrogens with zero attached hydrogens (tertiary/aromatic N) is 2. The first-order valence-electron chi connectivity index (χ1n) is 8.79. The molecule has 2 aromatic carbocycles. The summed E-state index contributed by atoms with van der Waals surface area (Å²) in [4.78, 5) is 17.2. The molecule has 0 aromatic heterocycles. The second-order valence-electron chi connectivity index (χ2n) is 6.71. The van der Waals surface area contributed by atoms with Crippen LogP contribution in [-0.2, 0) is 0 Å². The monoisotopic (exact) mass is 410 g/mol. The van der Waals surface area contributed by atoms with Gasteiger partial charge in [-0.15, -0.1) is 24.8 Å². The van der Waals surface area contributed by atoms with Crippen LogP contribution in [0.1, 0.15) is 24.2 Å². The molecule has 1 amide bonds. The molecule has 0 spiro atoms. The molecule has 1 fully saturated rings. The van der Waals surface area contributed by atoms with Crippen molar-refractivity contribution in [1.82, 2.24) is 4.90 Å². The van der Waals surface area contributed by atoms with Crippen molar-refractivity contribution >= 4 is 47.8 Å². The number of carbonyl (C=O) groups is 1. The Morgan fingerprint density at radius 1 is 0.963 bits per heavy atom. The van der Waals surface area contributed by atoms with Crippen LogP contribution in [0.2, 0.25) is 0 Å². The van der Waals surface area contributed by atoms with Crippen LogP contribution in [0.4, 0.5) is 17.1 Å². The minimum atomic E-state index is -0.144. The van der Waals surface area contributed by atoms with Crippen molar-refractivity contribution in [2.24, 2.45) is 0 Å². The zero-order chi connectivity index (χ0) is 17.8. The van der Waals surface area contributed by atoms with Gasteiger partial charge in [0.15, 0.2) is 0 Å². The Bertz CT molecular complexity index is 729. The molecule has 27 heavy (non-hydrogen) atoms. The smallest absolute Gasteiger partial charge is 0.255 e. The van der Waals surface area contributed by atoms with Gasteiger partial charge >= 0.3 is 0 Å². The lowest BCUT2D eigenvalue weighted by atomic mass is 10.1. The third-order valence-corrected chi connectivity index (χ3v) is 4.75. The van der Waals surface area contributed by atoms with Crippen molar-refractivity contribution in [3.05, 3.63) is 54.1 Å². The zero-order valence-electron chi connectivity index (χ0n) is 15.7. The largest absolute Gasteiger partial charge is 0.397 e. The summed E-state index contributed by atoms with van der Waals surface area (Å²) in [5.74, 6) is -0.144. The van der Waals surface area contributed by atoms with Gasteiger partial charge in [0.2, 0.25) is 0 Å². The van der Waals surface area contributed by atoms with Crippen LogP contribution in [0.3, 0.4) is 0 Å². The van der Waals surface area contributed by atoms with E-state index >= 15 is 0 Å². The van der Waals surface area contributed by atoms with Crippen LogP contribution in [0.25, 0.3) is 0 Å². The quantitative estimate of drug-likeness (QED) is 0.750. The fraction of sp³-hybridized carbons (Fsp3) is 0.350. The van der Waals surface area contributed by atoms with Crippen molar-refractivity contribution in [3.8, 4) is 0 Å². The summed E-state index contributed by atoms with van der Waals surface area (Å²) in [6.07, 6.45) is 0. The van der Waals surface area contributed by atoms with Gasteiger partial charge in [0.05, 0.1) is 11.4 Å². The molecule has 2 aromatic rings. The summed E-state index contributed by atoms with van der Waals surface area (Å²) in [7, 11) is 0. The molecule has 7 heteroatoms. The van der Waals surface area contributed by atoms with E-state index in [-0.39, 0.29) is 30.7 Å². The highest BCUT2D eigenvalue weighted by atomic mass is 35.5. The van der Waals surface area contributed by atoms with Gasteiger partial charge in [-0.25, -0.2) is 0 Å². The lowest BCUT2D eigenvalue weighted by molar-refractivity contribution is 0.102. The van der Waals surface area contributed by atoms with Crippen LogP contribution in [0.5, 0.6) is 0 Å². The first-order chi connectivity index (χ1) is 12.0. The fourth-order valence-corrected chi connectivity index (χ4v) is 3.13. The number of para-hydroxylation sites is 2. The zero-order valence-corrected chi connectivity index (χ0v) is 17.4. The molecule has 1 saturated heterocycles. The van der Waals surface area contributed by atoms with Crippen LogP contribution < -0.4 is 16.0 Å². The number of nitrogen functional groups attached to an aromatic ring is 1. The van der Waals surface area contributed by atoms with E-state index in [4.69, 9.17) is 5.73 Å². The Labute approximate surface area is 173 Å². The molecule has 5 nitrogen and oxygen atoms in total. The second-order valence-corrected chi connectivity index (χ2v) is 6.71. The molecule has 1 heterocycles. The number of benzene rings is 2. The summed E-state index contributed by atoms with van der Waals surface area (Å²) in [6, 6.07) is 15.7. The maximum absolute atomic E-state index is 12.4. The Balaban J connectivity index is 0.00000182. The van der Waals surface area contributed by atoms with E-state index in [1.165, 1.54) is 5.69 Å². The molecule has 3 N–H and O–H groups in total. The van der Waals surface area contributed by atoms with Crippen LogP contribution in [-0.4, -0.2) is 43.0 Å². The van der Waals surface area contributed by atoms with Gasteiger partial charge in [-0.3, -0.25) is 9.69 Å². The summed E-state index contributed by atoms with van der Waals surface area (Å²) in [5, 5.41) is 2.86. The first kappa shape index (κ1) is 23.1. The van der Waals surface area contributed by atoms with Gasteiger partial charge < -0.3 is 16.0 Å². The number of nitrogens with two attached hydrogens (primary N) is 1.